The number of aromatic amines is 1. The molecule has 2 aliphatic heterocycles. The van der Waals surface area contributed by atoms with E-state index in [0.29, 0.717) is 38.4 Å². The van der Waals surface area contributed by atoms with Gasteiger partial charge in [-0.05, 0) is 29.8 Å². The number of carbonyl (C=O) groups is 3. The number of amides is 2. The number of morpholine rings is 1. The number of carboxylic acid groups (broad SMARTS) is 1. The van der Waals surface area contributed by atoms with E-state index in [-0.39, 0.29) is 11.8 Å². The number of fused-ring (bicyclic) bond motifs is 1. The molecule has 0 unspecified atom stereocenters. The maximum Gasteiger partial charge on any atom is 0.490 e. The zero-order valence-electron chi connectivity index (χ0n) is 20.6. The Labute approximate surface area is 221 Å². The molecule has 12 heteroatoms. The number of halogens is 3. The summed E-state index contributed by atoms with van der Waals surface area (Å²) in [5.41, 5.74) is 6.37. The number of H-pyrrole nitrogens is 1. The second kappa shape index (κ2) is 11.9. The second-order valence-corrected chi connectivity index (χ2v) is 8.71. The minimum absolute atomic E-state index is 0.00840. The van der Waals surface area contributed by atoms with Gasteiger partial charge in [0.05, 0.1) is 24.5 Å². The third-order valence-corrected chi connectivity index (χ3v) is 6.07. The summed E-state index contributed by atoms with van der Waals surface area (Å²) in [5, 5.41) is 10.0. The largest absolute Gasteiger partial charge is 0.490 e. The van der Waals surface area contributed by atoms with E-state index >= 15 is 0 Å². The molecule has 1 fully saturated rings. The minimum Gasteiger partial charge on any atom is -0.475 e. The molecule has 0 radical (unpaired) electrons. The molecule has 0 spiro atoms. The Balaban J connectivity index is 0.000000448. The van der Waals surface area contributed by atoms with Crippen LogP contribution in [0.3, 0.4) is 0 Å². The molecule has 4 heterocycles. The third-order valence-electron chi connectivity index (χ3n) is 6.07. The molecular formula is C27H25F3N4O5. The highest BCUT2D eigenvalue weighted by Gasteiger charge is 2.38. The molecule has 204 valence electrons. The molecule has 3 N–H and O–H groups in total. The fraction of sp³-hybridized carbons (Fsp3) is 0.259. The van der Waals surface area contributed by atoms with Crippen LogP contribution >= 0.6 is 0 Å². The first kappa shape index (κ1) is 27.6. The van der Waals surface area contributed by atoms with Crippen molar-refractivity contribution in [3.05, 3.63) is 71.6 Å². The van der Waals surface area contributed by atoms with Crippen LogP contribution in [0.25, 0.3) is 28.6 Å². The number of carboxylic acids is 1. The number of pyridine rings is 1. The van der Waals surface area contributed by atoms with E-state index in [4.69, 9.17) is 14.6 Å². The number of alkyl halides is 3. The Bertz CT molecular complexity index is 1380. The molecule has 1 saturated heterocycles. The van der Waals surface area contributed by atoms with Crippen LogP contribution in [0.4, 0.5) is 13.2 Å². The fourth-order valence-corrected chi connectivity index (χ4v) is 4.03. The van der Waals surface area contributed by atoms with Crippen molar-refractivity contribution in [3.8, 4) is 22.5 Å². The van der Waals surface area contributed by atoms with Crippen molar-refractivity contribution >= 4 is 23.9 Å². The predicted molar refractivity (Wildman–Crippen MR) is 136 cm³/mol. The molecule has 0 bridgehead atoms. The van der Waals surface area contributed by atoms with E-state index in [9.17, 15) is 22.8 Å². The van der Waals surface area contributed by atoms with Crippen LogP contribution in [0.2, 0.25) is 0 Å². The molecule has 2 aliphatic rings. The maximum absolute atomic E-state index is 12.3. The fourth-order valence-electron chi connectivity index (χ4n) is 4.03. The summed E-state index contributed by atoms with van der Waals surface area (Å²) in [4.78, 5) is 42.9. The summed E-state index contributed by atoms with van der Waals surface area (Å²) in [6.45, 7) is 3.13. The van der Waals surface area contributed by atoms with Gasteiger partial charge in [0.1, 0.15) is 0 Å². The van der Waals surface area contributed by atoms with Crippen molar-refractivity contribution < 1.29 is 37.4 Å². The summed E-state index contributed by atoms with van der Waals surface area (Å²) in [6.07, 6.45) is 0.948. The summed E-state index contributed by atoms with van der Waals surface area (Å²) in [6, 6.07) is 13.8. The number of carbonyl (C=O) groups excluding carboxylic acids is 2. The Kier molecular flexibility index (Phi) is 8.45. The topological polar surface area (TPSA) is 125 Å². The van der Waals surface area contributed by atoms with E-state index < -0.39 is 12.1 Å². The van der Waals surface area contributed by atoms with Gasteiger partial charge < -0.3 is 25.0 Å². The number of aliphatic carboxylic acids is 1. The molecule has 0 saturated carbocycles. The van der Waals surface area contributed by atoms with Crippen LogP contribution in [-0.2, 0) is 20.7 Å². The van der Waals surface area contributed by atoms with Crippen LogP contribution in [0.15, 0.2) is 54.7 Å². The van der Waals surface area contributed by atoms with Crippen molar-refractivity contribution in [1.29, 1.82) is 0 Å². The number of benzene rings is 1. The Morgan fingerprint density at radius 3 is 2.38 bits per heavy atom. The Morgan fingerprint density at radius 2 is 1.74 bits per heavy atom. The number of aromatic nitrogens is 2. The van der Waals surface area contributed by atoms with E-state index in [1.165, 1.54) is 0 Å². The first-order valence-corrected chi connectivity index (χ1v) is 12.0. The normalized spacial score (nSPS) is 15.3. The van der Waals surface area contributed by atoms with Crippen LogP contribution in [0.1, 0.15) is 21.6 Å². The predicted octanol–water partition coefficient (Wildman–Crippen LogP) is 3.53. The van der Waals surface area contributed by atoms with Crippen molar-refractivity contribution in [3.63, 3.8) is 0 Å². The molecule has 0 aliphatic carbocycles. The first-order chi connectivity index (χ1) is 18.6. The maximum atomic E-state index is 12.3. The molecule has 0 atom stereocenters. The van der Waals surface area contributed by atoms with Crippen molar-refractivity contribution in [2.45, 2.75) is 12.6 Å². The standard InChI is InChI=1S/C25H24N4O3.C2HF3O2/c30-24(29-11-13-32-14-12-29)6-3-17-1-4-18(5-2-17)22-15-19(7-9-26-22)23-16-20-21(28-23)8-10-27-25(20)31;3-2(4,5)1(6)7/h1-7,9,15-16,28H,8,10-14H2,(H,27,31);(H,6,7)/b6-3+;. The summed E-state index contributed by atoms with van der Waals surface area (Å²) < 4.78 is 37.0. The van der Waals surface area contributed by atoms with Gasteiger partial charge in [-0.2, -0.15) is 13.2 Å². The van der Waals surface area contributed by atoms with Crippen molar-refractivity contribution in [2.24, 2.45) is 0 Å². The molecule has 3 aromatic rings. The van der Waals surface area contributed by atoms with Crippen molar-refractivity contribution in [2.75, 3.05) is 32.8 Å². The molecule has 2 aromatic heterocycles. The van der Waals surface area contributed by atoms with Crippen LogP contribution < -0.4 is 5.32 Å². The van der Waals surface area contributed by atoms with Crippen molar-refractivity contribution in [1.82, 2.24) is 20.2 Å². The van der Waals surface area contributed by atoms with Gasteiger partial charge in [-0.25, -0.2) is 4.79 Å². The van der Waals surface area contributed by atoms with E-state index in [1.54, 1.807) is 17.2 Å². The average molecular weight is 543 g/mol. The van der Waals surface area contributed by atoms with Crippen LogP contribution in [-0.4, -0.2) is 76.8 Å². The number of hydrogen-bond acceptors (Lipinski definition) is 5. The van der Waals surface area contributed by atoms with Crippen LogP contribution in [0, 0.1) is 0 Å². The van der Waals surface area contributed by atoms with Crippen LogP contribution in [0.5, 0.6) is 0 Å². The zero-order valence-corrected chi connectivity index (χ0v) is 20.6. The Hall–Kier alpha value is -4.45. The van der Waals surface area contributed by atoms with E-state index in [0.717, 1.165) is 40.2 Å². The average Bonchev–Trinajstić information content (AvgIpc) is 3.38. The molecule has 5 rings (SSSR count). The van der Waals surface area contributed by atoms with Gasteiger partial charge in [0.15, 0.2) is 0 Å². The van der Waals surface area contributed by atoms with Gasteiger partial charge in [-0.15, -0.1) is 0 Å². The lowest BCUT2D eigenvalue weighted by Gasteiger charge is -2.25. The van der Waals surface area contributed by atoms with Gasteiger partial charge >= 0.3 is 12.1 Å². The highest BCUT2D eigenvalue weighted by atomic mass is 19.4. The van der Waals surface area contributed by atoms with E-state index in [2.05, 4.69) is 15.3 Å². The molecule has 2 amide bonds. The lowest BCUT2D eigenvalue weighted by molar-refractivity contribution is -0.192. The zero-order chi connectivity index (χ0) is 28.0. The summed E-state index contributed by atoms with van der Waals surface area (Å²) in [5.74, 6) is -2.78. The monoisotopic (exact) mass is 542 g/mol. The molecule has 39 heavy (non-hydrogen) atoms. The molecule has 1 aromatic carbocycles. The third kappa shape index (κ3) is 7.11. The second-order valence-electron chi connectivity index (χ2n) is 8.71. The van der Waals surface area contributed by atoms with E-state index in [1.807, 2.05) is 48.5 Å². The van der Waals surface area contributed by atoms with Gasteiger partial charge in [0.25, 0.3) is 5.91 Å². The number of nitrogens with one attached hydrogen (secondary N) is 2. The highest BCUT2D eigenvalue weighted by molar-refractivity contribution is 5.98. The van der Waals surface area contributed by atoms with Gasteiger partial charge in [0, 0.05) is 60.8 Å². The number of hydrogen-bond donors (Lipinski definition) is 3. The van der Waals surface area contributed by atoms with Gasteiger partial charge in [0.2, 0.25) is 5.91 Å². The lowest BCUT2D eigenvalue weighted by Crippen LogP contribution is -2.39. The molecular weight excluding hydrogens is 517 g/mol. The summed E-state index contributed by atoms with van der Waals surface area (Å²) in [7, 11) is 0. The summed E-state index contributed by atoms with van der Waals surface area (Å²) >= 11 is 0. The minimum atomic E-state index is -5.08. The lowest BCUT2D eigenvalue weighted by atomic mass is 10.0. The number of ether oxygens (including phenoxy) is 1. The SMILES string of the molecule is O=C(O)C(F)(F)F.O=C1NCCc2[nH]c(-c3ccnc(-c4ccc(/C=C/C(=O)N5CCOCC5)cc4)c3)cc21. The quantitative estimate of drug-likeness (QED) is 0.434. The smallest absolute Gasteiger partial charge is 0.475 e. The first-order valence-electron chi connectivity index (χ1n) is 12.0. The highest BCUT2D eigenvalue weighted by Crippen LogP contribution is 2.27. The van der Waals surface area contributed by atoms with Gasteiger partial charge in [-0.1, -0.05) is 24.3 Å². The van der Waals surface area contributed by atoms with Gasteiger partial charge in [-0.3, -0.25) is 14.6 Å². The molecule has 9 nitrogen and oxygen atoms in total. The number of nitrogens with zero attached hydrogens (tertiary/aromatic N) is 2. The number of rotatable bonds is 4. The Morgan fingerprint density at radius 1 is 1.05 bits per heavy atom.